The predicted octanol–water partition coefficient (Wildman–Crippen LogP) is 3.12. The molecule has 3 rings (SSSR count). The van der Waals surface area contributed by atoms with Gasteiger partial charge in [0.25, 0.3) is 0 Å². The van der Waals surface area contributed by atoms with Crippen LogP contribution in [-0.2, 0) is 11.2 Å². The second-order valence-electron chi connectivity index (χ2n) is 5.26. The molecule has 1 atom stereocenters. The molecule has 2 aliphatic rings. The summed E-state index contributed by atoms with van der Waals surface area (Å²) in [4.78, 5) is 0. The molecule has 2 heteroatoms. The van der Waals surface area contributed by atoms with E-state index in [2.05, 4.69) is 25.1 Å². The van der Waals surface area contributed by atoms with E-state index in [-0.39, 0.29) is 0 Å². The van der Waals surface area contributed by atoms with E-state index in [0.29, 0.717) is 12.0 Å². The molecular formula is C15H20O2. The SMILES string of the molecule is Cc1ccc2c(c1)CCC(C1CCOCC1)O2. The molecule has 1 aromatic carbocycles. The molecule has 2 nitrogen and oxygen atoms in total. The topological polar surface area (TPSA) is 18.5 Å². The minimum absolute atomic E-state index is 0.411. The van der Waals surface area contributed by atoms with Crippen molar-refractivity contribution in [1.29, 1.82) is 0 Å². The highest BCUT2D eigenvalue weighted by molar-refractivity contribution is 5.38. The highest BCUT2D eigenvalue weighted by atomic mass is 16.5. The summed E-state index contributed by atoms with van der Waals surface area (Å²) in [6, 6.07) is 6.54. The van der Waals surface area contributed by atoms with Gasteiger partial charge >= 0.3 is 0 Å². The van der Waals surface area contributed by atoms with E-state index in [9.17, 15) is 0 Å². The Morgan fingerprint density at radius 2 is 1.94 bits per heavy atom. The van der Waals surface area contributed by atoms with Crippen molar-refractivity contribution >= 4 is 0 Å². The standard InChI is InChI=1S/C15H20O2/c1-11-2-4-15-13(10-11)3-5-14(17-15)12-6-8-16-9-7-12/h2,4,10,12,14H,3,5-9H2,1H3. The van der Waals surface area contributed by atoms with Gasteiger partial charge < -0.3 is 9.47 Å². The van der Waals surface area contributed by atoms with Crippen molar-refractivity contribution in [3.63, 3.8) is 0 Å². The summed E-state index contributed by atoms with van der Waals surface area (Å²) in [5.74, 6) is 1.80. The first-order chi connectivity index (χ1) is 8.33. The van der Waals surface area contributed by atoms with Crippen molar-refractivity contribution in [2.24, 2.45) is 5.92 Å². The fourth-order valence-corrected chi connectivity index (χ4v) is 2.96. The third-order valence-corrected chi connectivity index (χ3v) is 3.98. The summed E-state index contributed by atoms with van der Waals surface area (Å²) in [7, 11) is 0. The maximum absolute atomic E-state index is 6.17. The Morgan fingerprint density at radius 1 is 1.12 bits per heavy atom. The van der Waals surface area contributed by atoms with E-state index in [1.54, 1.807) is 0 Å². The summed E-state index contributed by atoms with van der Waals surface area (Å²) in [6.45, 7) is 3.96. The lowest BCUT2D eigenvalue weighted by Crippen LogP contribution is -2.34. The Hall–Kier alpha value is -1.02. The fourth-order valence-electron chi connectivity index (χ4n) is 2.96. The largest absolute Gasteiger partial charge is 0.490 e. The fraction of sp³-hybridized carbons (Fsp3) is 0.600. The molecule has 0 amide bonds. The highest BCUT2D eigenvalue weighted by Crippen LogP contribution is 2.33. The van der Waals surface area contributed by atoms with Crippen LogP contribution in [-0.4, -0.2) is 19.3 Å². The van der Waals surface area contributed by atoms with Crippen LogP contribution in [0.1, 0.15) is 30.4 Å². The highest BCUT2D eigenvalue weighted by Gasteiger charge is 2.28. The number of fused-ring (bicyclic) bond motifs is 1. The van der Waals surface area contributed by atoms with Crippen LogP contribution in [0.15, 0.2) is 18.2 Å². The molecule has 0 aromatic heterocycles. The summed E-state index contributed by atoms with van der Waals surface area (Å²) in [5, 5.41) is 0. The van der Waals surface area contributed by atoms with Gasteiger partial charge in [-0.05, 0) is 44.2 Å². The first kappa shape index (κ1) is 11.1. The molecular weight excluding hydrogens is 212 g/mol. The lowest BCUT2D eigenvalue weighted by molar-refractivity contribution is 0.0109. The van der Waals surface area contributed by atoms with Crippen LogP contribution < -0.4 is 4.74 Å². The predicted molar refractivity (Wildman–Crippen MR) is 67.5 cm³/mol. The molecule has 0 radical (unpaired) electrons. The average Bonchev–Trinajstić information content (AvgIpc) is 2.39. The molecule has 92 valence electrons. The molecule has 0 N–H and O–H groups in total. The number of hydrogen-bond acceptors (Lipinski definition) is 2. The number of ether oxygens (including phenoxy) is 2. The Bertz CT molecular complexity index is 394. The van der Waals surface area contributed by atoms with Gasteiger partial charge in [-0.15, -0.1) is 0 Å². The summed E-state index contributed by atoms with van der Waals surface area (Å²) >= 11 is 0. The number of aryl methyl sites for hydroxylation is 2. The van der Waals surface area contributed by atoms with Crippen molar-refractivity contribution in [2.45, 2.75) is 38.7 Å². The van der Waals surface area contributed by atoms with Gasteiger partial charge in [0.1, 0.15) is 11.9 Å². The number of benzene rings is 1. The Morgan fingerprint density at radius 3 is 2.76 bits per heavy atom. The Kier molecular flexibility index (Phi) is 3.06. The van der Waals surface area contributed by atoms with E-state index in [1.165, 1.54) is 24.0 Å². The second kappa shape index (κ2) is 4.69. The molecule has 17 heavy (non-hydrogen) atoms. The normalized spacial score (nSPS) is 25.1. The van der Waals surface area contributed by atoms with E-state index in [1.807, 2.05) is 0 Å². The first-order valence-electron chi connectivity index (χ1n) is 6.67. The van der Waals surface area contributed by atoms with Crippen LogP contribution in [0.25, 0.3) is 0 Å². The maximum Gasteiger partial charge on any atom is 0.122 e. The quantitative estimate of drug-likeness (QED) is 0.740. The van der Waals surface area contributed by atoms with Crippen LogP contribution in [0.3, 0.4) is 0 Å². The van der Waals surface area contributed by atoms with Crippen molar-refractivity contribution in [1.82, 2.24) is 0 Å². The van der Waals surface area contributed by atoms with Gasteiger partial charge in [-0.2, -0.15) is 0 Å². The van der Waals surface area contributed by atoms with Gasteiger partial charge in [-0.25, -0.2) is 0 Å². The Labute approximate surface area is 103 Å². The molecule has 0 saturated carbocycles. The second-order valence-corrected chi connectivity index (χ2v) is 5.26. The smallest absolute Gasteiger partial charge is 0.122 e. The third kappa shape index (κ3) is 2.32. The zero-order chi connectivity index (χ0) is 11.7. The van der Waals surface area contributed by atoms with Crippen molar-refractivity contribution in [3.8, 4) is 5.75 Å². The van der Waals surface area contributed by atoms with E-state index in [4.69, 9.17) is 9.47 Å². The zero-order valence-corrected chi connectivity index (χ0v) is 10.4. The van der Waals surface area contributed by atoms with Crippen LogP contribution >= 0.6 is 0 Å². The number of hydrogen-bond donors (Lipinski definition) is 0. The van der Waals surface area contributed by atoms with Gasteiger partial charge in [0.15, 0.2) is 0 Å². The van der Waals surface area contributed by atoms with Gasteiger partial charge in [-0.1, -0.05) is 17.7 Å². The third-order valence-electron chi connectivity index (χ3n) is 3.98. The van der Waals surface area contributed by atoms with E-state index < -0.39 is 0 Å². The lowest BCUT2D eigenvalue weighted by atomic mass is 9.88. The minimum Gasteiger partial charge on any atom is -0.490 e. The maximum atomic E-state index is 6.17. The Balaban J connectivity index is 1.73. The molecule has 1 unspecified atom stereocenters. The van der Waals surface area contributed by atoms with Crippen molar-refractivity contribution in [2.75, 3.05) is 13.2 Å². The van der Waals surface area contributed by atoms with E-state index >= 15 is 0 Å². The summed E-state index contributed by atoms with van der Waals surface area (Å²) in [6.07, 6.45) is 5.06. The molecule has 2 heterocycles. The minimum atomic E-state index is 0.411. The van der Waals surface area contributed by atoms with Crippen LogP contribution in [0, 0.1) is 12.8 Å². The van der Waals surface area contributed by atoms with Crippen LogP contribution in [0.2, 0.25) is 0 Å². The monoisotopic (exact) mass is 232 g/mol. The van der Waals surface area contributed by atoms with Crippen LogP contribution in [0.5, 0.6) is 5.75 Å². The van der Waals surface area contributed by atoms with E-state index in [0.717, 1.165) is 31.8 Å². The molecule has 0 aliphatic carbocycles. The molecule has 1 fully saturated rings. The van der Waals surface area contributed by atoms with Crippen LogP contribution in [0.4, 0.5) is 0 Å². The van der Waals surface area contributed by atoms with Crippen molar-refractivity contribution in [3.05, 3.63) is 29.3 Å². The van der Waals surface area contributed by atoms with Crippen molar-refractivity contribution < 1.29 is 9.47 Å². The molecule has 1 saturated heterocycles. The zero-order valence-electron chi connectivity index (χ0n) is 10.4. The van der Waals surface area contributed by atoms with Gasteiger partial charge in [0.2, 0.25) is 0 Å². The molecule has 1 aromatic rings. The van der Waals surface area contributed by atoms with Gasteiger partial charge in [0, 0.05) is 19.1 Å². The molecule has 2 aliphatic heterocycles. The lowest BCUT2D eigenvalue weighted by Gasteiger charge is -2.34. The molecule has 0 bridgehead atoms. The molecule has 0 spiro atoms. The average molecular weight is 232 g/mol. The summed E-state index contributed by atoms with van der Waals surface area (Å²) in [5.41, 5.74) is 2.71. The summed E-state index contributed by atoms with van der Waals surface area (Å²) < 4.78 is 11.6. The first-order valence-corrected chi connectivity index (χ1v) is 6.67. The number of rotatable bonds is 1. The van der Waals surface area contributed by atoms with Gasteiger partial charge in [0.05, 0.1) is 0 Å². The van der Waals surface area contributed by atoms with Gasteiger partial charge in [-0.3, -0.25) is 0 Å².